The summed E-state index contributed by atoms with van der Waals surface area (Å²) in [6, 6.07) is 15.3. The molecule has 0 atom stereocenters. The van der Waals surface area contributed by atoms with Crippen molar-refractivity contribution in [2.75, 3.05) is 18.5 Å². The summed E-state index contributed by atoms with van der Waals surface area (Å²) >= 11 is 0. The number of anilines is 1. The fourth-order valence-electron chi connectivity index (χ4n) is 1.86. The van der Waals surface area contributed by atoms with E-state index in [1.807, 2.05) is 62.4 Å². The van der Waals surface area contributed by atoms with Crippen LogP contribution in [-0.4, -0.2) is 19.3 Å². The third kappa shape index (κ3) is 4.84. The van der Waals surface area contributed by atoms with Crippen LogP contribution < -0.4 is 10.1 Å². The molecular formula is C17H19NO3. The zero-order valence-corrected chi connectivity index (χ0v) is 12.3. The van der Waals surface area contributed by atoms with Crippen LogP contribution in [0.25, 0.3) is 0 Å². The van der Waals surface area contributed by atoms with Crippen molar-refractivity contribution < 1.29 is 14.3 Å². The van der Waals surface area contributed by atoms with Gasteiger partial charge < -0.3 is 9.47 Å². The van der Waals surface area contributed by atoms with Gasteiger partial charge in [0.05, 0.1) is 0 Å². The molecule has 0 heterocycles. The van der Waals surface area contributed by atoms with Crippen molar-refractivity contribution in [1.82, 2.24) is 0 Å². The first kappa shape index (κ1) is 14.9. The Morgan fingerprint density at radius 3 is 2.62 bits per heavy atom. The quantitative estimate of drug-likeness (QED) is 0.847. The molecule has 0 aliphatic carbocycles. The Balaban J connectivity index is 1.71. The number of benzene rings is 2. The van der Waals surface area contributed by atoms with Gasteiger partial charge in [0.2, 0.25) is 0 Å². The van der Waals surface area contributed by atoms with Crippen LogP contribution in [0, 0.1) is 13.8 Å². The second kappa shape index (κ2) is 7.33. The van der Waals surface area contributed by atoms with Crippen LogP contribution in [0.15, 0.2) is 48.5 Å². The van der Waals surface area contributed by atoms with Crippen molar-refractivity contribution in [3.8, 4) is 5.75 Å². The number of carbonyl (C=O) groups excluding carboxylic acids is 1. The lowest BCUT2D eigenvalue weighted by molar-refractivity contribution is 0.138. The molecule has 0 aliphatic rings. The van der Waals surface area contributed by atoms with E-state index in [4.69, 9.17) is 9.47 Å². The molecule has 0 fully saturated rings. The molecule has 0 saturated heterocycles. The highest BCUT2D eigenvalue weighted by Gasteiger charge is 2.04. The van der Waals surface area contributed by atoms with Gasteiger partial charge in [-0.2, -0.15) is 0 Å². The zero-order valence-electron chi connectivity index (χ0n) is 12.3. The van der Waals surface area contributed by atoms with Gasteiger partial charge in [0.1, 0.15) is 19.0 Å². The summed E-state index contributed by atoms with van der Waals surface area (Å²) < 4.78 is 10.6. The molecule has 0 spiro atoms. The van der Waals surface area contributed by atoms with Crippen LogP contribution in [0.4, 0.5) is 10.5 Å². The molecule has 1 N–H and O–H groups in total. The minimum Gasteiger partial charge on any atom is -0.490 e. The van der Waals surface area contributed by atoms with Gasteiger partial charge >= 0.3 is 6.09 Å². The molecule has 1 amide bonds. The van der Waals surface area contributed by atoms with Gasteiger partial charge in [-0.15, -0.1) is 0 Å². The molecule has 4 heteroatoms. The number of hydrogen-bond donors (Lipinski definition) is 1. The van der Waals surface area contributed by atoms with E-state index >= 15 is 0 Å². The summed E-state index contributed by atoms with van der Waals surface area (Å²) in [5.41, 5.74) is 2.87. The lowest BCUT2D eigenvalue weighted by Crippen LogP contribution is -2.18. The summed E-state index contributed by atoms with van der Waals surface area (Å²) in [5.74, 6) is 0.776. The third-order valence-electron chi connectivity index (χ3n) is 2.96. The standard InChI is InChI=1S/C17H19NO3/c1-13-6-5-8-15(12-13)20-10-11-21-17(19)18-16-9-4-3-7-14(16)2/h3-9,12H,10-11H2,1-2H3,(H,18,19). The molecule has 21 heavy (non-hydrogen) atoms. The van der Waals surface area contributed by atoms with Crippen molar-refractivity contribution in [3.05, 3.63) is 59.7 Å². The zero-order chi connectivity index (χ0) is 15.1. The Kier molecular flexibility index (Phi) is 5.21. The fraction of sp³-hybridized carbons (Fsp3) is 0.235. The SMILES string of the molecule is Cc1cccc(OCCOC(=O)Nc2ccccc2C)c1. The van der Waals surface area contributed by atoms with E-state index in [-0.39, 0.29) is 6.61 Å². The molecule has 2 aromatic carbocycles. The van der Waals surface area contributed by atoms with Gasteiger partial charge in [0.25, 0.3) is 0 Å². The van der Waals surface area contributed by atoms with E-state index in [1.54, 1.807) is 0 Å². The second-order valence-electron chi connectivity index (χ2n) is 4.74. The molecule has 0 radical (unpaired) electrons. The first-order valence-corrected chi connectivity index (χ1v) is 6.84. The van der Waals surface area contributed by atoms with Crippen molar-refractivity contribution in [2.45, 2.75) is 13.8 Å². The summed E-state index contributed by atoms with van der Waals surface area (Å²) in [7, 11) is 0. The number of nitrogens with one attached hydrogen (secondary N) is 1. The van der Waals surface area contributed by atoms with Crippen LogP contribution in [0.3, 0.4) is 0 Å². The van der Waals surface area contributed by atoms with Crippen LogP contribution in [0.1, 0.15) is 11.1 Å². The Labute approximate surface area is 124 Å². The van der Waals surface area contributed by atoms with Gasteiger partial charge in [-0.25, -0.2) is 4.79 Å². The largest absolute Gasteiger partial charge is 0.490 e. The highest BCUT2D eigenvalue weighted by Crippen LogP contribution is 2.14. The maximum atomic E-state index is 11.6. The first-order valence-electron chi connectivity index (χ1n) is 6.84. The fourth-order valence-corrected chi connectivity index (χ4v) is 1.86. The van der Waals surface area contributed by atoms with Gasteiger partial charge in [-0.1, -0.05) is 30.3 Å². The molecule has 4 nitrogen and oxygen atoms in total. The van der Waals surface area contributed by atoms with Crippen LogP contribution in [-0.2, 0) is 4.74 Å². The Hall–Kier alpha value is -2.49. The number of para-hydroxylation sites is 1. The maximum absolute atomic E-state index is 11.6. The summed E-state index contributed by atoms with van der Waals surface area (Å²) in [6.45, 7) is 4.45. The molecule has 0 aromatic heterocycles. The molecule has 0 saturated carbocycles. The molecule has 0 aliphatic heterocycles. The van der Waals surface area contributed by atoms with Crippen molar-refractivity contribution >= 4 is 11.8 Å². The predicted molar refractivity (Wildman–Crippen MR) is 82.8 cm³/mol. The molecule has 0 bridgehead atoms. The normalized spacial score (nSPS) is 10.0. The molecule has 110 valence electrons. The smallest absolute Gasteiger partial charge is 0.411 e. The van der Waals surface area contributed by atoms with Crippen molar-refractivity contribution in [2.24, 2.45) is 0 Å². The van der Waals surface area contributed by atoms with E-state index in [0.29, 0.717) is 6.61 Å². The van der Waals surface area contributed by atoms with Crippen LogP contribution in [0.5, 0.6) is 5.75 Å². The monoisotopic (exact) mass is 285 g/mol. The average Bonchev–Trinajstić information content (AvgIpc) is 2.46. The minimum absolute atomic E-state index is 0.200. The number of hydrogen-bond acceptors (Lipinski definition) is 3. The number of aryl methyl sites for hydroxylation is 2. The summed E-state index contributed by atoms with van der Waals surface area (Å²) in [4.78, 5) is 11.6. The van der Waals surface area contributed by atoms with Crippen molar-refractivity contribution in [3.63, 3.8) is 0 Å². The van der Waals surface area contributed by atoms with E-state index in [2.05, 4.69) is 5.32 Å². The lowest BCUT2D eigenvalue weighted by Gasteiger charge is -2.10. The highest BCUT2D eigenvalue weighted by molar-refractivity contribution is 5.85. The Morgan fingerprint density at radius 2 is 1.86 bits per heavy atom. The number of amides is 1. The van der Waals surface area contributed by atoms with Crippen LogP contribution in [0.2, 0.25) is 0 Å². The minimum atomic E-state index is -0.475. The Morgan fingerprint density at radius 1 is 1.05 bits per heavy atom. The highest BCUT2D eigenvalue weighted by atomic mass is 16.6. The lowest BCUT2D eigenvalue weighted by atomic mass is 10.2. The maximum Gasteiger partial charge on any atom is 0.411 e. The van der Waals surface area contributed by atoms with Gasteiger partial charge in [-0.3, -0.25) is 5.32 Å². The van der Waals surface area contributed by atoms with E-state index in [1.165, 1.54) is 0 Å². The molecular weight excluding hydrogens is 266 g/mol. The average molecular weight is 285 g/mol. The molecule has 2 aromatic rings. The van der Waals surface area contributed by atoms with E-state index < -0.39 is 6.09 Å². The Bertz CT molecular complexity index is 610. The number of carbonyl (C=O) groups is 1. The first-order chi connectivity index (χ1) is 10.1. The van der Waals surface area contributed by atoms with E-state index in [0.717, 1.165) is 22.6 Å². The number of rotatable bonds is 5. The van der Waals surface area contributed by atoms with Crippen molar-refractivity contribution in [1.29, 1.82) is 0 Å². The topological polar surface area (TPSA) is 47.6 Å². The predicted octanol–water partition coefficient (Wildman–Crippen LogP) is 3.93. The van der Waals surface area contributed by atoms with Gasteiger partial charge in [-0.05, 0) is 43.2 Å². The second-order valence-corrected chi connectivity index (χ2v) is 4.74. The van der Waals surface area contributed by atoms with Gasteiger partial charge in [0, 0.05) is 5.69 Å². The van der Waals surface area contributed by atoms with Gasteiger partial charge in [0.15, 0.2) is 0 Å². The van der Waals surface area contributed by atoms with Crippen LogP contribution >= 0.6 is 0 Å². The van der Waals surface area contributed by atoms with E-state index in [9.17, 15) is 4.79 Å². The molecule has 2 rings (SSSR count). The number of ether oxygens (including phenoxy) is 2. The summed E-state index contributed by atoms with van der Waals surface area (Å²) in [5, 5.41) is 2.70. The molecule has 0 unspecified atom stereocenters. The third-order valence-corrected chi connectivity index (χ3v) is 2.96. The summed E-state index contributed by atoms with van der Waals surface area (Å²) in [6.07, 6.45) is -0.475.